The van der Waals surface area contributed by atoms with Crippen molar-refractivity contribution in [3.8, 4) is 0 Å². The van der Waals surface area contributed by atoms with Gasteiger partial charge in [0.05, 0.1) is 11.8 Å². The second-order valence-electron chi connectivity index (χ2n) is 5.80. The van der Waals surface area contributed by atoms with Gasteiger partial charge in [0, 0.05) is 5.69 Å². The second kappa shape index (κ2) is 8.82. The maximum atomic E-state index is 12.2. The molecule has 7 heteroatoms. The van der Waals surface area contributed by atoms with E-state index in [1.54, 1.807) is 0 Å². The normalized spacial score (nSPS) is 11.8. The van der Waals surface area contributed by atoms with Crippen LogP contribution >= 0.6 is 23.1 Å². The zero-order chi connectivity index (χ0) is 18.4. The summed E-state index contributed by atoms with van der Waals surface area (Å²) in [6.45, 7) is 4.02. The van der Waals surface area contributed by atoms with Crippen molar-refractivity contribution in [1.82, 2.24) is 15.5 Å². The summed E-state index contributed by atoms with van der Waals surface area (Å²) in [7, 11) is 0. The number of para-hydroxylation sites is 1. The van der Waals surface area contributed by atoms with Crippen molar-refractivity contribution < 1.29 is 4.79 Å². The van der Waals surface area contributed by atoms with Crippen molar-refractivity contribution in [2.45, 2.75) is 24.2 Å². The van der Waals surface area contributed by atoms with Gasteiger partial charge in [0.15, 0.2) is 4.34 Å². The van der Waals surface area contributed by atoms with Crippen LogP contribution in [0.4, 0.5) is 10.8 Å². The maximum absolute atomic E-state index is 12.2. The molecular weight excluding hydrogens is 364 g/mol. The molecule has 3 aromatic rings. The number of hydrogen-bond donors (Lipinski definition) is 2. The molecule has 26 heavy (non-hydrogen) atoms. The predicted octanol–water partition coefficient (Wildman–Crippen LogP) is 4.56. The molecule has 1 aromatic heterocycles. The smallest absolute Gasteiger partial charge is 0.230 e. The van der Waals surface area contributed by atoms with Gasteiger partial charge in [-0.3, -0.25) is 4.79 Å². The van der Waals surface area contributed by atoms with Crippen molar-refractivity contribution in [2.24, 2.45) is 0 Å². The molecule has 2 N–H and O–H groups in total. The number of rotatable bonds is 7. The summed E-state index contributed by atoms with van der Waals surface area (Å²) >= 11 is 2.84. The number of nitrogens with one attached hydrogen (secondary N) is 2. The fourth-order valence-electron chi connectivity index (χ4n) is 2.38. The summed E-state index contributed by atoms with van der Waals surface area (Å²) in [5, 5.41) is 15.3. The highest BCUT2D eigenvalue weighted by Gasteiger charge is 2.12. The van der Waals surface area contributed by atoms with E-state index in [9.17, 15) is 4.79 Å². The highest BCUT2D eigenvalue weighted by atomic mass is 32.2. The predicted molar refractivity (Wildman–Crippen MR) is 108 cm³/mol. The number of amides is 1. The van der Waals surface area contributed by atoms with Crippen LogP contribution in [0.5, 0.6) is 0 Å². The number of hydrogen-bond acceptors (Lipinski definition) is 6. The largest absolute Gasteiger partial charge is 0.349 e. The van der Waals surface area contributed by atoms with Crippen molar-refractivity contribution in [1.29, 1.82) is 0 Å². The van der Waals surface area contributed by atoms with Gasteiger partial charge >= 0.3 is 0 Å². The molecule has 0 fully saturated rings. The number of thioether (sulfide) groups is 1. The standard InChI is InChI=1S/C19H20N4OS2/c1-13-8-6-7-11-16(13)21-18-22-23-19(26-18)25-12-17(24)20-14(2)15-9-4-3-5-10-15/h3-11,14H,12H2,1-2H3,(H,20,24)(H,21,22)/t14-/m0/s1. The van der Waals surface area contributed by atoms with Gasteiger partial charge in [-0.15, -0.1) is 10.2 Å². The molecular formula is C19H20N4OS2. The highest BCUT2D eigenvalue weighted by molar-refractivity contribution is 8.01. The van der Waals surface area contributed by atoms with Gasteiger partial charge < -0.3 is 10.6 Å². The van der Waals surface area contributed by atoms with E-state index in [1.807, 2.05) is 68.4 Å². The van der Waals surface area contributed by atoms with Crippen molar-refractivity contribution in [2.75, 3.05) is 11.1 Å². The molecule has 5 nitrogen and oxygen atoms in total. The molecule has 0 unspecified atom stereocenters. The Morgan fingerprint density at radius 2 is 1.85 bits per heavy atom. The first-order chi connectivity index (χ1) is 12.6. The molecule has 0 saturated carbocycles. The lowest BCUT2D eigenvalue weighted by molar-refractivity contribution is -0.119. The summed E-state index contributed by atoms with van der Waals surface area (Å²) < 4.78 is 0.767. The quantitative estimate of drug-likeness (QED) is 0.585. The minimum Gasteiger partial charge on any atom is -0.349 e. The average molecular weight is 385 g/mol. The van der Waals surface area contributed by atoms with Gasteiger partial charge in [0.2, 0.25) is 11.0 Å². The molecule has 0 aliphatic carbocycles. The van der Waals surface area contributed by atoms with Gasteiger partial charge in [0.1, 0.15) is 0 Å². The lowest BCUT2D eigenvalue weighted by Crippen LogP contribution is -2.28. The Bertz CT molecular complexity index is 867. The van der Waals surface area contributed by atoms with E-state index in [1.165, 1.54) is 23.1 Å². The molecule has 134 valence electrons. The van der Waals surface area contributed by atoms with Crippen LogP contribution in [-0.2, 0) is 4.79 Å². The Hall–Kier alpha value is -2.38. The van der Waals surface area contributed by atoms with E-state index in [2.05, 4.69) is 20.8 Å². The van der Waals surface area contributed by atoms with E-state index in [4.69, 9.17) is 0 Å². The Morgan fingerprint density at radius 3 is 2.62 bits per heavy atom. The molecule has 3 rings (SSSR count). The first-order valence-electron chi connectivity index (χ1n) is 8.25. The third-order valence-electron chi connectivity index (χ3n) is 3.80. The minimum absolute atomic E-state index is 0.0167. The Labute approximate surface area is 161 Å². The number of carbonyl (C=O) groups excluding carboxylic acids is 1. The van der Waals surface area contributed by atoms with Crippen LogP contribution in [0, 0.1) is 6.92 Å². The molecule has 0 radical (unpaired) electrons. The van der Waals surface area contributed by atoms with Crippen molar-refractivity contribution >= 4 is 39.8 Å². The van der Waals surface area contributed by atoms with Gasteiger partial charge in [-0.2, -0.15) is 0 Å². The molecule has 1 heterocycles. The van der Waals surface area contributed by atoms with Gasteiger partial charge in [-0.25, -0.2) is 0 Å². The molecule has 2 aromatic carbocycles. The highest BCUT2D eigenvalue weighted by Crippen LogP contribution is 2.28. The third kappa shape index (κ3) is 5.06. The van der Waals surface area contributed by atoms with E-state index in [0.29, 0.717) is 5.75 Å². The molecule has 0 aliphatic heterocycles. The summed E-state index contributed by atoms with van der Waals surface area (Å²) in [5.74, 6) is 0.297. The third-order valence-corrected chi connectivity index (χ3v) is 5.77. The summed E-state index contributed by atoms with van der Waals surface area (Å²) in [4.78, 5) is 12.2. The molecule has 0 spiro atoms. The lowest BCUT2D eigenvalue weighted by atomic mass is 10.1. The molecule has 1 amide bonds. The van der Waals surface area contributed by atoms with Crippen molar-refractivity contribution in [3.05, 3.63) is 65.7 Å². The summed E-state index contributed by atoms with van der Waals surface area (Å²) in [6, 6.07) is 17.9. The zero-order valence-corrected chi connectivity index (χ0v) is 16.2. The first kappa shape index (κ1) is 18.4. The molecule has 1 atom stereocenters. The van der Waals surface area contributed by atoms with Gasteiger partial charge in [-0.1, -0.05) is 71.6 Å². The minimum atomic E-state index is -0.0185. The Kier molecular flexibility index (Phi) is 6.25. The topological polar surface area (TPSA) is 66.9 Å². The lowest BCUT2D eigenvalue weighted by Gasteiger charge is -2.13. The fourth-order valence-corrected chi connectivity index (χ4v) is 3.96. The van der Waals surface area contributed by atoms with E-state index < -0.39 is 0 Å². The van der Waals surface area contributed by atoms with Crippen LogP contribution in [0.1, 0.15) is 24.1 Å². The summed E-state index contributed by atoms with van der Waals surface area (Å²) in [6.07, 6.45) is 0. The molecule has 0 aliphatic rings. The van der Waals surface area contributed by atoms with E-state index in [0.717, 1.165) is 26.3 Å². The van der Waals surface area contributed by atoms with E-state index in [-0.39, 0.29) is 11.9 Å². The number of aromatic nitrogens is 2. The van der Waals surface area contributed by atoms with Gasteiger partial charge in [-0.05, 0) is 31.0 Å². The number of aryl methyl sites for hydroxylation is 1. The fraction of sp³-hybridized carbons (Fsp3) is 0.211. The molecule has 0 saturated heterocycles. The first-order valence-corrected chi connectivity index (χ1v) is 10.1. The van der Waals surface area contributed by atoms with E-state index >= 15 is 0 Å². The van der Waals surface area contributed by atoms with Crippen molar-refractivity contribution in [3.63, 3.8) is 0 Å². The summed E-state index contributed by atoms with van der Waals surface area (Å²) in [5.41, 5.74) is 3.24. The molecule has 0 bridgehead atoms. The van der Waals surface area contributed by atoms with Crippen LogP contribution in [0.3, 0.4) is 0 Å². The van der Waals surface area contributed by atoms with Crippen LogP contribution in [0.25, 0.3) is 0 Å². The monoisotopic (exact) mass is 384 g/mol. The second-order valence-corrected chi connectivity index (χ2v) is 8.00. The SMILES string of the molecule is Cc1ccccc1Nc1nnc(SCC(=O)N[C@@H](C)c2ccccc2)s1. The maximum Gasteiger partial charge on any atom is 0.230 e. The van der Waals surface area contributed by atoms with Crippen LogP contribution in [0.15, 0.2) is 58.9 Å². The number of carbonyl (C=O) groups is 1. The van der Waals surface area contributed by atoms with Crippen LogP contribution in [-0.4, -0.2) is 21.9 Å². The zero-order valence-electron chi connectivity index (χ0n) is 14.6. The number of anilines is 2. The Morgan fingerprint density at radius 1 is 1.12 bits per heavy atom. The number of benzene rings is 2. The number of nitrogens with zero attached hydrogens (tertiary/aromatic N) is 2. The average Bonchev–Trinajstić information content (AvgIpc) is 3.10. The Balaban J connectivity index is 1.50. The van der Waals surface area contributed by atoms with Crippen LogP contribution in [0.2, 0.25) is 0 Å². The van der Waals surface area contributed by atoms with Crippen LogP contribution < -0.4 is 10.6 Å². The van der Waals surface area contributed by atoms with Gasteiger partial charge in [0.25, 0.3) is 0 Å².